The van der Waals surface area contributed by atoms with Crippen LogP contribution in [0.4, 0.5) is 23.3 Å². The number of halogens is 1. The lowest BCUT2D eigenvalue weighted by molar-refractivity contribution is 0.410. The molecule has 2 heterocycles. The second-order valence-electron chi connectivity index (χ2n) is 10.2. The number of nitrogens with one attached hydrogen (secondary N) is 2. The molecule has 12 heteroatoms. The normalized spacial score (nSPS) is 10.3. The number of ether oxygens (including phenoxy) is 3. The van der Waals surface area contributed by atoms with Gasteiger partial charge in [0.25, 0.3) is 0 Å². The topological polar surface area (TPSA) is 155 Å². The molecule has 0 aliphatic carbocycles. The summed E-state index contributed by atoms with van der Waals surface area (Å²) in [7, 11) is 3.30. The molecule has 6 rings (SSSR count). The van der Waals surface area contributed by atoms with Gasteiger partial charge in [-0.05, 0) is 64.5 Å². The average Bonchev–Trinajstić information content (AvgIpc) is 3.13. The van der Waals surface area contributed by atoms with E-state index < -0.39 is 0 Å². The highest BCUT2D eigenvalue weighted by molar-refractivity contribution is 9.10. The van der Waals surface area contributed by atoms with Crippen LogP contribution in [0.25, 0.3) is 11.3 Å². The van der Waals surface area contributed by atoms with E-state index in [1.807, 2.05) is 103 Å². The minimum absolute atomic E-state index is 0.345. The van der Waals surface area contributed by atoms with E-state index in [9.17, 15) is 0 Å². The van der Waals surface area contributed by atoms with Crippen LogP contribution in [0, 0.1) is 0 Å². The van der Waals surface area contributed by atoms with Gasteiger partial charge in [0.05, 0.1) is 32.3 Å². The van der Waals surface area contributed by atoms with Gasteiger partial charge in [0, 0.05) is 29.8 Å². The third kappa shape index (κ3) is 9.10. The van der Waals surface area contributed by atoms with Gasteiger partial charge in [-0.3, -0.25) is 0 Å². The van der Waals surface area contributed by atoms with Gasteiger partial charge < -0.3 is 36.3 Å². The molecular formula is C36H35BrN8O3. The number of para-hydroxylation sites is 3. The first-order valence-electron chi connectivity index (χ1n) is 14.9. The molecule has 6 aromatic rings. The molecule has 11 nitrogen and oxygen atoms in total. The van der Waals surface area contributed by atoms with E-state index in [1.165, 1.54) is 0 Å². The molecule has 4 aromatic carbocycles. The SMILES string of the molecule is COc1ccccc1CNc1nc(-c2ccc(Oc3ccccc3)cc2)cnc1N.COc1ccccc1CNc1nc(Br)cnc1N. The summed E-state index contributed by atoms with van der Waals surface area (Å²) in [6, 6.07) is 32.9. The molecule has 0 fully saturated rings. The Morgan fingerprint density at radius 3 is 1.69 bits per heavy atom. The summed E-state index contributed by atoms with van der Waals surface area (Å²) in [5, 5.41) is 6.39. The summed E-state index contributed by atoms with van der Waals surface area (Å²) in [5.74, 6) is 4.97. The van der Waals surface area contributed by atoms with Crippen LogP contribution >= 0.6 is 15.9 Å². The first kappa shape index (κ1) is 33.5. The van der Waals surface area contributed by atoms with Crippen molar-refractivity contribution in [3.63, 3.8) is 0 Å². The Labute approximate surface area is 287 Å². The second-order valence-corrected chi connectivity index (χ2v) is 11.0. The van der Waals surface area contributed by atoms with E-state index in [-0.39, 0.29) is 0 Å². The fourth-order valence-electron chi connectivity index (χ4n) is 4.55. The fraction of sp³-hybridized carbons (Fsp3) is 0.111. The zero-order chi connectivity index (χ0) is 33.7. The fourth-order valence-corrected chi connectivity index (χ4v) is 4.83. The van der Waals surface area contributed by atoms with Crippen molar-refractivity contribution in [1.82, 2.24) is 19.9 Å². The van der Waals surface area contributed by atoms with E-state index in [1.54, 1.807) is 26.6 Å². The summed E-state index contributed by atoms with van der Waals surface area (Å²) in [6.45, 7) is 1.09. The zero-order valence-electron chi connectivity index (χ0n) is 26.4. The highest BCUT2D eigenvalue weighted by Gasteiger charge is 2.09. The lowest BCUT2D eigenvalue weighted by atomic mass is 10.1. The van der Waals surface area contributed by atoms with Crippen LogP contribution in [-0.2, 0) is 13.1 Å². The van der Waals surface area contributed by atoms with Gasteiger partial charge in [0.2, 0.25) is 0 Å². The van der Waals surface area contributed by atoms with Crippen molar-refractivity contribution in [1.29, 1.82) is 0 Å². The standard InChI is InChI=1S/C24H22N4O2.C12H13BrN4O/c1-29-22-10-6-5-7-18(22)15-27-24-23(25)26-16-21(28-24)17-11-13-20(14-12-17)30-19-8-3-2-4-9-19;1-18-9-5-3-2-4-8(9)6-16-12-11(14)15-7-10(13)17-12/h2-14,16H,15H2,1H3,(H2,25,26)(H,27,28);2-5,7H,6H2,1H3,(H2,14,15)(H,16,17). The molecule has 0 spiro atoms. The number of hydrogen-bond donors (Lipinski definition) is 4. The van der Waals surface area contributed by atoms with Gasteiger partial charge in [0.15, 0.2) is 23.3 Å². The number of aromatic nitrogens is 4. The highest BCUT2D eigenvalue weighted by atomic mass is 79.9. The molecule has 0 unspecified atom stereocenters. The number of nitrogen functional groups attached to an aromatic ring is 2. The van der Waals surface area contributed by atoms with Crippen LogP contribution in [0.2, 0.25) is 0 Å². The van der Waals surface area contributed by atoms with E-state index in [4.69, 9.17) is 25.7 Å². The van der Waals surface area contributed by atoms with E-state index in [0.717, 1.165) is 45.4 Å². The maximum atomic E-state index is 6.02. The van der Waals surface area contributed by atoms with Gasteiger partial charge in [0.1, 0.15) is 27.6 Å². The molecule has 0 aliphatic rings. The van der Waals surface area contributed by atoms with Crippen LogP contribution in [0.15, 0.2) is 120 Å². The van der Waals surface area contributed by atoms with E-state index >= 15 is 0 Å². The molecule has 0 saturated carbocycles. The zero-order valence-corrected chi connectivity index (χ0v) is 28.0. The van der Waals surface area contributed by atoms with Crippen LogP contribution in [0.5, 0.6) is 23.0 Å². The van der Waals surface area contributed by atoms with Gasteiger partial charge in [-0.25, -0.2) is 19.9 Å². The van der Waals surface area contributed by atoms with Crippen molar-refractivity contribution in [2.45, 2.75) is 13.1 Å². The van der Waals surface area contributed by atoms with Gasteiger partial charge in [-0.1, -0.05) is 54.6 Å². The molecule has 48 heavy (non-hydrogen) atoms. The highest BCUT2D eigenvalue weighted by Crippen LogP contribution is 2.27. The third-order valence-corrected chi connectivity index (χ3v) is 7.36. The first-order valence-corrected chi connectivity index (χ1v) is 15.7. The number of nitrogens with two attached hydrogens (primary N) is 2. The Morgan fingerprint density at radius 2 is 1.10 bits per heavy atom. The van der Waals surface area contributed by atoms with Crippen molar-refractivity contribution < 1.29 is 14.2 Å². The smallest absolute Gasteiger partial charge is 0.170 e. The minimum Gasteiger partial charge on any atom is -0.496 e. The van der Waals surface area contributed by atoms with Crippen molar-refractivity contribution in [3.8, 4) is 34.3 Å². The Hall–Kier alpha value is -5.88. The largest absolute Gasteiger partial charge is 0.496 e. The van der Waals surface area contributed by atoms with Crippen molar-refractivity contribution in [2.24, 2.45) is 0 Å². The molecule has 0 bridgehead atoms. The lowest BCUT2D eigenvalue weighted by Gasteiger charge is -2.12. The van der Waals surface area contributed by atoms with E-state index in [2.05, 4.69) is 46.5 Å². The second kappa shape index (κ2) is 16.6. The van der Waals surface area contributed by atoms with Gasteiger partial charge in [-0.2, -0.15) is 0 Å². The third-order valence-electron chi connectivity index (χ3n) is 6.98. The maximum Gasteiger partial charge on any atom is 0.170 e. The van der Waals surface area contributed by atoms with Crippen molar-refractivity contribution >= 4 is 39.2 Å². The minimum atomic E-state index is 0.345. The summed E-state index contributed by atoms with van der Waals surface area (Å²) >= 11 is 3.26. The number of methoxy groups -OCH3 is 2. The van der Waals surface area contributed by atoms with Crippen molar-refractivity contribution in [2.75, 3.05) is 36.3 Å². The number of hydrogen-bond acceptors (Lipinski definition) is 11. The molecule has 244 valence electrons. The van der Waals surface area contributed by atoms with Crippen LogP contribution in [-0.4, -0.2) is 34.2 Å². The Morgan fingerprint density at radius 1 is 0.604 bits per heavy atom. The van der Waals surface area contributed by atoms with Crippen molar-refractivity contribution in [3.05, 3.63) is 131 Å². The summed E-state index contributed by atoms with van der Waals surface area (Å²) in [4.78, 5) is 17.2. The number of anilines is 4. The molecule has 0 amide bonds. The van der Waals surface area contributed by atoms with Crippen LogP contribution in [0.3, 0.4) is 0 Å². The average molecular weight is 708 g/mol. The molecular weight excluding hydrogens is 672 g/mol. The summed E-state index contributed by atoms with van der Waals surface area (Å²) in [5.41, 5.74) is 15.4. The van der Waals surface area contributed by atoms with Crippen LogP contribution < -0.4 is 36.3 Å². The maximum absolute atomic E-state index is 6.02. The molecule has 2 aromatic heterocycles. The Kier molecular flexibility index (Phi) is 11.6. The lowest BCUT2D eigenvalue weighted by Crippen LogP contribution is -2.07. The first-order chi connectivity index (χ1) is 23.4. The van der Waals surface area contributed by atoms with Crippen LogP contribution in [0.1, 0.15) is 11.1 Å². The Balaban J connectivity index is 0.000000214. The summed E-state index contributed by atoms with van der Waals surface area (Å²) in [6.07, 6.45) is 3.22. The van der Waals surface area contributed by atoms with Gasteiger partial charge >= 0.3 is 0 Å². The number of nitrogens with zero attached hydrogens (tertiary/aromatic N) is 4. The van der Waals surface area contributed by atoms with Gasteiger partial charge in [-0.15, -0.1) is 0 Å². The number of benzene rings is 4. The molecule has 6 N–H and O–H groups in total. The molecule has 0 radical (unpaired) electrons. The molecule has 0 atom stereocenters. The predicted octanol–water partition coefficient (Wildman–Crippen LogP) is 7.58. The monoisotopic (exact) mass is 706 g/mol. The molecule has 0 saturated heterocycles. The van der Waals surface area contributed by atoms with E-state index in [0.29, 0.717) is 41.0 Å². The quantitative estimate of drug-likeness (QED) is 0.105. The Bertz CT molecular complexity index is 1930. The molecule has 0 aliphatic heterocycles. The summed E-state index contributed by atoms with van der Waals surface area (Å²) < 4.78 is 17.1. The predicted molar refractivity (Wildman–Crippen MR) is 193 cm³/mol. The number of rotatable bonds is 11.